The molecule has 0 saturated carbocycles. The molecule has 4 aromatic rings. The van der Waals surface area contributed by atoms with E-state index < -0.39 is 88.3 Å². The van der Waals surface area contributed by atoms with Crippen molar-refractivity contribution in [3.8, 4) is 23.5 Å². The van der Waals surface area contributed by atoms with Gasteiger partial charge in [-0.1, -0.05) is 30.2 Å². The molecule has 5 rings (SSSR count). The number of carbonyl (C=O) groups excluding carboxylic acids is 5. The molecular weight excluding hydrogens is 868 g/mol. The minimum atomic E-state index is -2.23. The zero-order valence-electron chi connectivity index (χ0n) is 38.1. The molecule has 0 bridgehead atoms. The van der Waals surface area contributed by atoms with Gasteiger partial charge in [0.15, 0.2) is 35.1 Å². The average molecular weight is 921 g/mol. The lowest BCUT2D eigenvalue weighted by atomic mass is 9.81. The van der Waals surface area contributed by atoms with Crippen molar-refractivity contribution in [2.24, 2.45) is 5.41 Å². The molecule has 65 heavy (non-hydrogen) atoms. The number of hydrogen-bond donors (Lipinski definition) is 0. The molecule has 0 spiro atoms. The number of ketones is 1. The van der Waals surface area contributed by atoms with Gasteiger partial charge in [-0.05, 0) is 97.2 Å². The minimum Gasteiger partial charge on any atom is -0.463 e. The molecule has 1 aliphatic heterocycles. The van der Waals surface area contributed by atoms with Crippen LogP contribution in [0.4, 0.5) is 15.4 Å². The molecule has 4 heterocycles. The highest BCUT2D eigenvalue weighted by Crippen LogP contribution is 2.47. The van der Waals surface area contributed by atoms with Gasteiger partial charge >= 0.3 is 24.1 Å². The van der Waals surface area contributed by atoms with E-state index in [4.69, 9.17) is 51.2 Å². The number of anilines is 1. The molecule has 348 valence electrons. The first-order valence-electron chi connectivity index (χ1n) is 20.5. The molecule has 1 aliphatic rings. The lowest BCUT2D eigenvalue weighted by Crippen LogP contribution is -2.53. The zero-order valence-corrected chi connectivity index (χ0v) is 38.9. The van der Waals surface area contributed by atoms with E-state index in [2.05, 4.69) is 20.9 Å². The summed E-state index contributed by atoms with van der Waals surface area (Å²) < 4.78 is 43.1. The second kappa shape index (κ2) is 19.5. The average Bonchev–Trinajstić information content (AvgIpc) is 3.74. The van der Waals surface area contributed by atoms with E-state index in [1.807, 2.05) is 0 Å². The maximum atomic E-state index is 13.9. The lowest BCUT2D eigenvalue weighted by molar-refractivity contribution is -0.182. The molecule has 1 fully saturated rings. The number of nitrogens with zero attached hydrogens (tertiary/aromatic N) is 6. The van der Waals surface area contributed by atoms with Crippen molar-refractivity contribution < 1.29 is 57.1 Å². The molecule has 0 radical (unpaired) electrons. The van der Waals surface area contributed by atoms with E-state index in [9.17, 15) is 28.8 Å². The van der Waals surface area contributed by atoms with Gasteiger partial charge in [-0.15, -0.1) is 6.42 Å². The fourth-order valence-electron chi connectivity index (χ4n) is 7.00. The second-order valence-electron chi connectivity index (χ2n) is 17.3. The number of ether oxygens (including phenoxy) is 7. The first-order chi connectivity index (χ1) is 30.4. The van der Waals surface area contributed by atoms with Gasteiger partial charge in [-0.25, -0.2) is 19.4 Å². The van der Waals surface area contributed by atoms with Crippen LogP contribution in [0.3, 0.4) is 0 Å². The summed E-state index contributed by atoms with van der Waals surface area (Å²) in [4.78, 5) is 94.1. The molecule has 1 unspecified atom stereocenters. The summed E-state index contributed by atoms with van der Waals surface area (Å²) in [5.41, 5.74) is -4.94. The molecule has 19 nitrogen and oxygen atoms in total. The molecule has 5 atom stereocenters. The summed E-state index contributed by atoms with van der Waals surface area (Å²) >= 11 is 6.46. The van der Waals surface area contributed by atoms with Crippen LogP contribution in [0.5, 0.6) is 0 Å². The largest absolute Gasteiger partial charge is 0.463 e. The van der Waals surface area contributed by atoms with Crippen LogP contribution in [0.1, 0.15) is 81.0 Å². The summed E-state index contributed by atoms with van der Waals surface area (Å²) in [5.74, 6) is -0.150. The van der Waals surface area contributed by atoms with E-state index in [0.717, 1.165) is 0 Å². The van der Waals surface area contributed by atoms with Crippen LogP contribution in [0.2, 0.25) is 5.28 Å². The number of fused-ring (bicyclic) bond motifs is 1. The van der Waals surface area contributed by atoms with Crippen LogP contribution in [0, 0.1) is 17.8 Å². The smallest absolute Gasteiger partial charge is 0.425 e. The van der Waals surface area contributed by atoms with Gasteiger partial charge in [-0.2, -0.15) is 14.9 Å². The van der Waals surface area contributed by atoms with Crippen molar-refractivity contribution in [2.45, 2.75) is 118 Å². The number of Topliss-reactive ketones (excluding diaryl/α,β-unsaturated/α-hetero) is 1. The third-order valence-corrected chi connectivity index (χ3v) is 10.3. The maximum absolute atomic E-state index is 13.9. The number of hydrogen-bond acceptors (Lipinski definition) is 16. The Kier molecular flexibility index (Phi) is 14.9. The quantitative estimate of drug-likeness (QED) is 0.0451. The van der Waals surface area contributed by atoms with E-state index in [-0.39, 0.29) is 36.5 Å². The number of aromatic nitrogens is 5. The van der Waals surface area contributed by atoms with Crippen LogP contribution in [-0.4, -0.2) is 103 Å². The van der Waals surface area contributed by atoms with Gasteiger partial charge in [0.2, 0.25) is 10.9 Å². The minimum absolute atomic E-state index is 0.0571. The lowest BCUT2D eigenvalue weighted by Gasteiger charge is -2.33. The van der Waals surface area contributed by atoms with Gasteiger partial charge in [-0.3, -0.25) is 23.5 Å². The van der Waals surface area contributed by atoms with Gasteiger partial charge in [0, 0.05) is 32.2 Å². The fraction of sp³-hybridized carbons (Fsp3) is 0.489. The van der Waals surface area contributed by atoms with Gasteiger partial charge in [0.25, 0.3) is 5.56 Å². The number of benzene rings is 1. The molecule has 2 amide bonds. The molecule has 0 N–H and O–H groups in total. The second-order valence-corrected chi connectivity index (χ2v) is 17.6. The molecule has 1 saturated heterocycles. The Hall–Kier alpha value is -6.20. The summed E-state index contributed by atoms with van der Waals surface area (Å²) in [5, 5.41) is -0.436. The third kappa shape index (κ3) is 10.8. The maximum Gasteiger partial charge on any atom is 0.425 e. The van der Waals surface area contributed by atoms with Crippen molar-refractivity contribution in [3.05, 3.63) is 70.1 Å². The van der Waals surface area contributed by atoms with Gasteiger partial charge in [0.05, 0.1) is 25.0 Å². The number of imide groups is 1. The third-order valence-electron chi connectivity index (χ3n) is 10.1. The predicted octanol–water partition coefficient (Wildman–Crippen LogP) is 6.21. The summed E-state index contributed by atoms with van der Waals surface area (Å²) in [6, 6.07) is 10.1. The van der Waals surface area contributed by atoms with Crippen LogP contribution in [0.15, 0.2) is 53.7 Å². The number of esters is 2. The van der Waals surface area contributed by atoms with Gasteiger partial charge in [0.1, 0.15) is 24.0 Å². The van der Waals surface area contributed by atoms with Crippen molar-refractivity contribution in [2.75, 3.05) is 25.2 Å². The Morgan fingerprint density at radius 3 is 2.15 bits per heavy atom. The Morgan fingerprint density at radius 1 is 0.985 bits per heavy atom. The highest BCUT2D eigenvalue weighted by molar-refractivity contribution is 6.29. The summed E-state index contributed by atoms with van der Waals surface area (Å²) in [6.07, 6.45) is 2.55. The number of amides is 2. The van der Waals surface area contributed by atoms with Crippen molar-refractivity contribution >= 4 is 58.5 Å². The zero-order chi connectivity index (χ0) is 48.2. The standard InChI is InChI=1S/C45H53ClN6O13/c1-13-44(11)31(23-61-45(26(3)53,38(56)60-14-2)22-28-17-19-29(20-18-28)30-16-15-21-50(25-59-12)36(30)55)63-37(33(44)62-27(4)54)51-24-47-32-34(51)48-39(46)49-35(32)52(40(57)64-42(5,6)7)41(58)65-43(8,9)10/h1,15-21,24,31,33,37H,14,22-23,25H2,2-12H3/t31-,33+,37-,44+,45?/m1/s1. The SMILES string of the molecule is C#C[C@@]1(C)[C@@H](COC(Cc2ccc(-c3cccn(COC)c3=O)cc2)(C(C)=O)C(=O)OCC)O[C@@H](n2cnc3c(N(C(=O)OC(C)(C)C)C(=O)OC(C)(C)C)nc(Cl)nc32)[C@@H]1OC(C)=O. The van der Waals surface area contributed by atoms with Crippen LogP contribution < -0.4 is 10.5 Å². The summed E-state index contributed by atoms with van der Waals surface area (Å²) in [6.45, 7) is 14.6. The topological polar surface area (TPSA) is 219 Å². The Labute approximate surface area is 380 Å². The van der Waals surface area contributed by atoms with E-state index in [1.165, 1.54) is 36.4 Å². The number of halogens is 1. The molecule has 20 heteroatoms. The number of carbonyl (C=O) groups is 5. The molecule has 0 aliphatic carbocycles. The first kappa shape index (κ1) is 49.8. The first-order valence-corrected chi connectivity index (χ1v) is 20.8. The molecule has 3 aromatic heterocycles. The van der Waals surface area contributed by atoms with Crippen LogP contribution >= 0.6 is 11.6 Å². The van der Waals surface area contributed by atoms with E-state index in [1.54, 1.807) is 98.0 Å². The normalized spacial score (nSPS) is 19.5. The Balaban J connectivity index is 1.55. The van der Waals surface area contributed by atoms with Crippen molar-refractivity contribution in [1.82, 2.24) is 24.1 Å². The van der Waals surface area contributed by atoms with Crippen LogP contribution in [-0.2, 0) is 60.7 Å². The molecular formula is C45H53ClN6O13. The van der Waals surface area contributed by atoms with E-state index >= 15 is 0 Å². The highest BCUT2D eigenvalue weighted by atomic mass is 35.5. The number of pyridine rings is 1. The van der Waals surface area contributed by atoms with E-state index in [0.29, 0.717) is 21.6 Å². The van der Waals surface area contributed by atoms with Gasteiger partial charge < -0.3 is 33.2 Å². The number of terminal acetylenes is 1. The van der Waals surface area contributed by atoms with Crippen LogP contribution in [0.25, 0.3) is 22.3 Å². The Bertz CT molecular complexity index is 2530. The molecule has 1 aromatic carbocycles. The number of imidazole rings is 1. The van der Waals surface area contributed by atoms with Crippen molar-refractivity contribution in [3.63, 3.8) is 0 Å². The predicted molar refractivity (Wildman–Crippen MR) is 235 cm³/mol. The monoisotopic (exact) mass is 920 g/mol. The fourth-order valence-corrected chi connectivity index (χ4v) is 7.16. The number of methoxy groups -OCH3 is 1. The number of rotatable bonds is 14. The summed E-state index contributed by atoms with van der Waals surface area (Å²) in [7, 11) is 1.48. The highest BCUT2D eigenvalue weighted by Gasteiger charge is 2.58. The Morgan fingerprint density at radius 2 is 1.62 bits per heavy atom. The van der Waals surface area contributed by atoms with Crippen molar-refractivity contribution in [1.29, 1.82) is 0 Å².